The number of pyridine rings is 1. The Morgan fingerprint density at radius 3 is 2.50 bits per heavy atom. The summed E-state index contributed by atoms with van der Waals surface area (Å²) in [6.45, 7) is 7.25. The van der Waals surface area contributed by atoms with Crippen LogP contribution in [0.15, 0.2) is 12.1 Å². The summed E-state index contributed by atoms with van der Waals surface area (Å²) in [5.41, 5.74) is 1.81. The van der Waals surface area contributed by atoms with Crippen molar-refractivity contribution in [3.63, 3.8) is 0 Å². The molecule has 1 atom stereocenters. The third-order valence-electron chi connectivity index (χ3n) is 6.47. The summed E-state index contributed by atoms with van der Waals surface area (Å²) in [6, 6.07) is 2.72. The van der Waals surface area contributed by atoms with Crippen LogP contribution in [0.4, 0.5) is 24.7 Å². The monoisotopic (exact) mass is 446 g/mol. The van der Waals surface area contributed by atoms with Gasteiger partial charge in [0.2, 0.25) is 5.91 Å². The molecule has 3 aliphatic rings. The lowest BCUT2D eigenvalue weighted by Crippen LogP contribution is -2.39. The number of amides is 1. The predicted molar refractivity (Wildman–Crippen MR) is 112 cm³/mol. The first kappa shape index (κ1) is 21.0. The molecule has 0 radical (unpaired) electrons. The van der Waals surface area contributed by atoms with Crippen LogP contribution in [0.25, 0.3) is 0 Å². The quantitative estimate of drug-likeness (QED) is 0.722. The van der Waals surface area contributed by atoms with Gasteiger partial charge in [0.1, 0.15) is 17.3 Å². The van der Waals surface area contributed by atoms with Crippen LogP contribution in [-0.4, -0.2) is 51.9 Å². The highest BCUT2D eigenvalue weighted by Crippen LogP contribution is 2.35. The van der Waals surface area contributed by atoms with Gasteiger partial charge in [-0.05, 0) is 38.8 Å². The van der Waals surface area contributed by atoms with E-state index < -0.39 is 11.9 Å². The zero-order valence-corrected chi connectivity index (χ0v) is 18.1. The summed E-state index contributed by atoms with van der Waals surface area (Å²) >= 11 is 0. The molecule has 2 fully saturated rings. The van der Waals surface area contributed by atoms with E-state index in [-0.39, 0.29) is 11.8 Å². The number of hydrogen-bond acceptors (Lipinski definition) is 6. The molecule has 0 saturated carbocycles. The Hall–Kier alpha value is -2.91. The van der Waals surface area contributed by atoms with Crippen LogP contribution in [0.5, 0.6) is 0 Å². The summed E-state index contributed by atoms with van der Waals surface area (Å²) in [4.78, 5) is 32.0. The van der Waals surface area contributed by atoms with Gasteiger partial charge in [-0.1, -0.05) is 0 Å². The number of nitrogens with zero attached hydrogens (tertiary/aromatic N) is 6. The molecule has 1 amide bonds. The number of carbonyl (C=O) groups is 1. The summed E-state index contributed by atoms with van der Waals surface area (Å²) in [5, 5.41) is 0. The fourth-order valence-corrected chi connectivity index (χ4v) is 4.74. The lowest BCUT2D eigenvalue weighted by atomic mass is 10.1. The van der Waals surface area contributed by atoms with Crippen molar-refractivity contribution in [2.75, 3.05) is 36.0 Å². The van der Waals surface area contributed by atoms with E-state index in [9.17, 15) is 18.0 Å². The molecule has 3 aliphatic heterocycles. The highest BCUT2D eigenvalue weighted by molar-refractivity contribution is 5.81. The minimum Gasteiger partial charge on any atom is -0.371 e. The van der Waals surface area contributed by atoms with Gasteiger partial charge in [-0.2, -0.15) is 13.2 Å². The van der Waals surface area contributed by atoms with Crippen molar-refractivity contribution in [2.24, 2.45) is 5.92 Å². The standard InChI is InChI=1S/C22H25F3N6O/c1-13-8-16(9-19(26-13)22(23,24)25)30-7-4-15(10-30)21(32)31-11-17-18(12-31)27-14(2)28-20(17)29-5-3-6-29/h8-9,15H,3-7,10-12H2,1-2H3/t15-/m1/s1. The topological polar surface area (TPSA) is 65.5 Å². The van der Waals surface area contributed by atoms with Crippen LogP contribution in [0.2, 0.25) is 0 Å². The molecule has 10 heteroatoms. The molecule has 32 heavy (non-hydrogen) atoms. The number of aryl methyl sites for hydroxylation is 2. The van der Waals surface area contributed by atoms with E-state index in [2.05, 4.69) is 19.9 Å². The lowest BCUT2D eigenvalue weighted by Gasteiger charge is -2.33. The molecule has 5 heterocycles. The lowest BCUT2D eigenvalue weighted by molar-refractivity contribution is -0.141. The van der Waals surface area contributed by atoms with Gasteiger partial charge in [0, 0.05) is 43.1 Å². The molecule has 0 spiro atoms. The van der Waals surface area contributed by atoms with Gasteiger partial charge in [0.25, 0.3) is 0 Å². The van der Waals surface area contributed by atoms with Crippen molar-refractivity contribution in [3.8, 4) is 0 Å². The average molecular weight is 446 g/mol. The highest BCUT2D eigenvalue weighted by atomic mass is 19.4. The van der Waals surface area contributed by atoms with Crippen molar-refractivity contribution >= 4 is 17.4 Å². The maximum atomic E-state index is 13.3. The molecule has 0 N–H and O–H groups in total. The Morgan fingerprint density at radius 2 is 1.81 bits per heavy atom. The van der Waals surface area contributed by atoms with E-state index in [0.717, 1.165) is 42.7 Å². The van der Waals surface area contributed by atoms with Crippen LogP contribution < -0.4 is 9.80 Å². The van der Waals surface area contributed by atoms with Gasteiger partial charge in [0.05, 0.1) is 24.7 Å². The largest absolute Gasteiger partial charge is 0.433 e. The molecular weight excluding hydrogens is 421 g/mol. The molecule has 0 bridgehead atoms. The SMILES string of the molecule is Cc1cc(N2CC[C@@H](C(=O)N3Cc4nc(C)nc(N5CCC5)c4C3)C2)cc(C(F)(F)F)n1. The van der Waals surface area contributed by atoms with E-state index in [1.165, 1.54) is 0 Å². The van der Waals surface area contributed by atoms with Gasteiger partial charge in [-0.25, -0.2) is 15.0 Å². The zero-order valence-electron chi connectivity index (χ0n) is 18.1. The predicted octanol–water partition coefficient (Wildman–Crippen LogP) is 3.09. The average Bonchev–Trinajstić information content (AvgIpc) is 3.32. The van der Waals surface area contributed by atoms with Crippen molar-refractivity contribution < 1.29 is 18.0 Å². The van der Waals surface area contributed by atoms with Crippen molar-refractivity contribution in [3.05, 3.63) is 40.6 Å². The Kier molecular flexibility index (Phi) is 4.98. The fraction of sp³-hybridized carbons (Fsp3) is 0.545. The van der Waals surface area contributed by atoms with Gasteiger partial charge in [0.15, 0.2) is 0 Å². The second kappa shape index (κ2) is 7.60. The number of anilines is 2. The van der Waals surface area contributed by atoms with Crippen molar-refractivity contribution in [1.82, 2.24) is 19.9 Å². The summed E-state index contributed by atoms with van der Waals surface area (Å²) < 4.78 is 39.5. The molecule has 2 aromatic heterocycles. The molecule has 0 unspecified atom stereocenters. The van der Waals surface area contributed by atoms with E-state index in [1.807, 2.05) is 16.7 Å². The molecule has 0 aliphatic carbocycles. The number of aromatic nitrogens is 3. The Morgan fingerprint density at radius 1 is 1.03 bits per heavy atom. The smallest absolute Gasteiger partial charge is 0.371 e. The normalized spacial score (nSPS) is 20.5. The zero-order chi connectivity index (χ0) is 22.6. The number of rotatable bonds is 3. The second-order valence-electron chi connectivity index (χ2n) is 8.84. The van der Waals surface area contributed by atoms with Crippen LogP contribution >= 0.6 is 0 Å². The third kappa shape index (κ3) is 3.75. The van der Waals surface area contributed by atoms with Gasteiger partial charge < -0.3 is 14.7 Å². The van der Waals surface area contributed by atoms with Gasteiger partial charge in [-0.3, -0.25) is 4.79 Å². The van der Waals surface area contributed by atoms with Gasteiger partial charge in [-0.15, -0.1) is 0 Å². The molecular formula is C22H25F3N6O. The van der Waals surface area contributed by atoms with E-state index >= 15 is 0 Å². The van der Waals surface area contributed by atoms with E-state index in [1.54, 1.807) is 13.0 Å². The van der Waals surface area contributed by atoms with Crippen LogP contribution in [0.3, 0.4) is 0 Å². The highest BCUT2D eigenvalue weighted by Gasteiger charge is 2.38. The molecule has 170 valence electrons. The Labute approximate surface area is 184 Å². The first-order valence-corrected chi connectivity index (χ1v) is 10.9. The van der Waals surface area contributed by atoms with Crippen LogP contribution in [0, 0.1) is 19.8 Å². The number of alkyl halides is 3. The van der Waals surface area contributed by atoms with E-state index in [0.29, 0.717) is 49.8 Å². The number of hydrogen-bond donors (Lipinski definition) is 0. The molecule has 2 saturated heterocycles. The Balaban J connectivity index is 1.30. The minimum atomic E-state index is -4.50. The third-order valence-corrected chi connectivity index (χ3v) is 6.47. The van der Waals surface area contributed by atoms with Crippen molar-refractivity contribution in [1.29, 1.82) is 0 Å². The summed E-state index contributed by atoms with van der Waals surface area (Å²) in [5.74, 6) is 1.42. The molecule has 7 nitrogen and oxygen atoms in total. The molecule has 2 aromatic rings. The van der Waals surface area contributed by atoms with Crippen molar-refractivity contribution in [2.45, 2.75) is 46.0 Å². The van der Waals surface area contributed by atoms with Crippen LogP contribution in [-0.2, 0) is 24.1 Å². The second-order valence-corrected chi connectivity index (χ2v) is 8.84. The number of fused-ring (bicyclic) bond motifs is 1. The number of halogens is 3. The maximum Gasteiger partial charge on any atom is 0.433 e. The first-order valence-electron chi connectivity index (χ1n) is 10.9. The fourth-order valence-electron chi connectivity index (χ4n) is 4.74. The molecule has 0 aromatic carbocycles. The van der Waals surface area contributed by atoms with Gasteiger partial charge >= 0.3 is 6.18 Å². The van der Waals surface area contributed by atoms with Crippen LogP contribution in [0.1, 0.15) is 41.3 Å². The summed E-state index contributed by atoms with van der Waals surface area (Å²) in [6.07, 6.45) is -2.74. The summed E-state index contributed by atoms with van der Waals surface area (Å²) in [7, 11) is 0. The van der Waals surface area contributed by atoms with E-state index in [4.69, 9.17) is 0 Å². The molecule has 5 rings (SSSR count). The first-order chi connectivity index (χ1) is 15.2. The minimum absolute atomic E-state index is 0.0273. The maximum absolute atomic E-state index is 13.3. The number of carbonyl (C=O) groups excluding carboxylic acids is 1. The Bertz CT molecular complexity index is 1070.